The van der Waals surface area contributed by atoms with Crippen LogP contribution in [0.25, 0.3) is 0 Å². The first kappa shape index (κ1) is 28.3. The number of benzene rings is 2. The number of hydrogen-bond acceptors (Lipinski definition) is 9. The number of sulfonamides is 1. The minimum Gasteiger partial charge on any atom is -0.343 e. The van der Waals surface area contributed by atoms with Crippen LogP contribution in [-0.2, 0) is 37.6 Å². The minimum atomic E-state index is -4.18. The van der Waals surface area contributed by atoms with Gasteiger partial charge in [0.2, 0.25) is 15.9 Å². The van der Waals surface area contributed by atoms with Crippen molar-refractivity contribution in [2.24, 2.45) is 5.14 Å². The Kier molecular flexibility index (Phi) is 8.09. The number of likely N-dealkylation sites (tertiary alicyclic amines) is 1. The summed E-state index contributed by atoms with van der Waals surface area (Å²) in [5.74, 6) is -0.828. The van der Waals surface area contributed by atoms with Crippen LogP contribution in [0.3, 0.4) is 0 Å². The van der Waals surface area contributed by atoms with E-state index >= 15 is 0 Å². The third-order valence-corrected chi connectivity index (χ3v) is 9.78. The van der Waals surface area contributed by atoms with Crippen molar-refractivity contribution in [1.82, 2.24) is 25.1 Å². The van der Waals surface area contributed by atoms with Gasteiger partial charge in [-0.3, -0.25) is 4.79 Å². The van der Waals surface area contributed by atoms with Crippen LogP contribution < -0.4 is 5.14 Å². The van der Waals surface area contributed by atoms with Gasteiger partial charge < -0.3 is 4.90 Å². The van der Waals surface area contributed by atoms with Crippen LogP contribution in [0.2, 0.25) is 0 Å². The van der Waals surface area contributed by atoms with Crippen LogP contribution in [0.5, 0.6) is 0 Å². The van der Waals surface area contributed by atoms with Crippen molar-refractivity contribution in [3.8, 4) is 6.07 Å². The molecule has 12 nitrogen and oxygen atoms in total. The van der Waals surface area contributed by atoms with Gasteiger partial charge >= 0.3 is 0 Å². The summed E-state index contributed by atoms with van der Waals surface area (Å²) < 4.78 is 63.4. The molecule has 0 radical (unpaired) electrons. The van der Waals surface area contributed by atoms with Gasteiger partial charge in [-0.1, -0.05) is 6.07 Å². The molecule has 2 N–H and O–H groups in total. The van der Waals surface area contributed by atoms with Crippen molar-refractivity contribution in [3.05, 3.63) is 64.7 Å². The number of rotatable bonds is 8. The van der Waals surface area contributed by atoms with Crippen LogP contribution >= 0.6 is 0 Å². The predicted octanol–water partition coefficient (Wildman–Crippen LogP) is 1.09. The van der Waals surface area contributed by atoms with Gasteiger partial charge in [0.1, 0.15) is 10.7 Å². The molecule has 1 fully saturated rings. The van der Waals surface area contributed by atoms with E-state index in [-0.39, 0.29) is 44.8 Å². The standard InChI is InChI=1S/C24H26FN7O5S2/c1-16-28-30-32(29-16)15-19-12-17(14-26)2-3-18(19)4-7-24(33)31-10-8-20(9-11-31)38(34,35)23-6-5-21(13-22(23)25)39(27,36)37/h2-3,5-6,12-13,20H,4,7-11,15H2,1H3,(H2,27,36,37). The van der Waals surface area contributed by atoms with E-state index in [0.717, 1.165) is 23.3 Å². The molecular formula is C24H26FN7O5S2. The lowest BCUT2D eigenvalue weighted by Crippen LogP contribution is -2.42. The third kappa shape index (κ3) is 6.47. The number of nitriles is 1. The number of halogens is 1. The molecule has 3 aromatic rings. The van der Waals surface area contributed by atoms with Crippen LogP contribution in [0.4, 0.5) is 4.39 Å². The number of nitrogens with zero attached hydrogens (tertiary/aromatic N) is 6. The summed E-state index contributed by atoms with van der Waals surface area (Å²) >= 11 is 0. The van der Waals surface area contributed by atoms with Crippen LogP contribution in [0.15, 0.2) is 46.2 Å². The van der Waals surface area contributed by atoms with Crippen molar-refractivity contribution in [3.63, 3.8) is 0 Å². The third-order valence-electron chi connectivity index (χ3n) is 6.58. The van der Waals surface area contributed by atoms with E-state index in [1.807, 2.05) is 0 Å². The lowest BCUT2D eigenvalue weighted by Gasteiger charge is -2.32. The number of amides is 1. The SMILES string of the molecule is Cc1nnn(Cc2cc(C#N)ccc2CCC(=O)N2CCC(S(=O)(=O)c3ccc(S(N)(=O)=O)cc3F)CC2)n1. The number of nitrogens with two attached hydrogens (primary N) is 1. The molecule has 1 aromatic heterocycles. The summed E-state index contributed by atoms with van der Waals surface area (Å²) in [6.07, 6.45) is 0.797. The van der Waals surface area contributed by atoms with Crippen LogP contribution in [-0.4, -0.2) is 66.2 Å². The van der Waals surface area contributed by atoms with Gasteiger partial charge in [-0.05, 0) is 72.9 Å². The Morgan fingerprint density at radius 1 is 1.13 bits per heavy atom. The molecule has 0 saturated carbocycles. The molecular weight excluding hydrogens is 549 g/mol. The molecule has 1 aliphatic heterocycles. The molecule has 206 valence electrons. The van der Waals surface area contributed by atoms with E-state index in [9.17, 15) is 31.3 Å². The highest BCUT2D eigenvalue weighted by molar-refractivity contribution is 7.92. The Hall–Kier alpha value is -3.74. The van der Waals surface area contributed by atoms with Crippen molar-refractivity contribution in [2.75, 3.05) is 13.1 Å². The van der Waals surface area contributed by atoms with Gasteiger partial charge in [0, 0.05) is 19.5 Å². The first-order valence-corrected chi connectivity index (χ1v) is 15.1. The maximum Gasteiger partial charge on any atom is 0.238 e. The average Bonchev–Trinajstić information content (AvgIpc) is 3.31. The maximum absolute atomic E-state index is 14.5. The van der Waals surface area contributed by atoms with E-state index in [0.29, 0.717) is 23.9 Å². The second kappa shape index (κ2) is 11.2. The quantitative estimate of drug-likeness (QED) is 0.411. The lowest BCUT2D eigenvalue weighted by atomic mass is 9.99. The first-order valence-electron chi connectivity index (χ1n) is 12.0. The Morgan fingerprint density at radius 3 is 2.44 bits per heavy atom. The number of piperidine rings is 1. The molecule has 1 aliphatic rings. The average molecular weight is 576 g/mol. The monoisotopic (exact) mass is 575 g/mol. The molecule has 4 rings (SSSR count). The fourth-order valence-electron chi connectivity index (χ4n) is 4.51. The van der Waals surface area contributed by atoms with Gasteiger partial charge in [0.25, 0.3) is 0 Å². The molecule has 0 aliphatic carbocycles. The summed E-state index contributed by atoms with van der Waals surface area (Å²) in [6.45, 7) is 2.37. The molecule has 0 bridgehead atoms. The van der Waals surface area contributed by atoms with Crippen molar-refractivity contribution in [2.45, 2.75) is 54.2 Å². The van der Waals surface area contributed by atoms with Gasteiger partial charge in [-0.2, -0.15) is 10.1 Å². The highest BCUT2D eigenvalue weighted by Gasteiger charge is 2.34. The largest absolute Gasteiger partial charge is 0.343 e. The Balaban J connectivity index is 1.39. The van der Waals surface area contributed by atoms with Crippen LogP contribution in [0, 0.1) is 24.1 Å². The van der Waals surface area contributed by atoms with E-state index in [4.69, 9.17) is 5.14 Å². The number of sulfone groups is 1. The number of hydrogen-bond donors (Lipinski definition) is 1. The summed E-state index contributed by atoms with van der Waals surface area (Å²) in [7, 11) is -8.27. The molecule has 2 heterocycles. The molecule has 15 heteroatoms. The number of primary sulfonamides is 1. The van der Waals surface area contributed by atoms with Gasteiger partial charge in [-0.15, -0.1) is 10.2 Å². The number of carbonyl (C=O) groups excluding carboxylic acids is 1. The van der Waals surface area contributed by atoms with Gasteiger partial charge in [-0.25, -0.2) is 26.4 Å². The number of aromatic nitrogens is 4. The highest BCUT2D eigenvalue weighted by atomic mass is 32.2. The normalized spacial score (nSPS) is 14.8. The van der Waals surface area contributed by atoms with Crippen molar-refractivity contribution >= 4 is 25.8 Å². The molecule has 0 atom stereocenters. The van der Waals surface area contributed by atoms with Crippen molar-refractivity contribution < 1.29 is 26.0 Å². The fraction of sp³-hybridized carbons (Fsp3) is 0.375. The van der Waals surface area contributed by atoms with Crippen molar-refractivity contribution in [1.29, 1.82) is 5.26 Å². The molecule has 1 saturated heterocycles. The topological polar surface area (TPSA) is 182 Å². The second-order valence-corrected chi connectivity index (χ2v) is 13.0. The Bertz CT molecular complexity index is 1660. The maximum atomic E-state index is 14.5. The van der Waals surface area contributed by atoms with Gasteiger partial charge in [0.05, 0.1) is 28.3 Å². The van der Waals surface area contributed by atoms with E-state index in [1.165, 1.54) is 4.80 Å². The number of aryl methyl sites for hydroxylation is 2. The lowest BCUT2D eigenvalue weighted by molar-refractivity contribution is -0.132. The highest BCUT2D eigenvalue weighted by Crippen LogP contribution is 2.28. The smallest absolute Gasteiger partial charge is 0.238 e. The fourth-order valence-corrected chi connectivity index (χ4v) is 6.82. The summed E-state index contributed by atoms with van der Waals surface area (Å²) in [6, 6.07) is 9.75. The zero-order chi connectivity index (χ0) is 28.4. The molecule has 39 heavy (non-hydrogen) atoms. The van der Waals surface area contributed by atoms with Crippen LogP contribution in [0.1, 0.15) is 41.8 Å². The zero-order valence-electron chi connectivity index (χ0n) is 21.0. The molecule has 0 spiro atoms. The molecule has 1 amide bonds. The number of carbonyl (C=O) groups is 1. The molecule has 2 aromatic carbocycles. The summed E-state index contributed by atoms with van der Waals surface area (Å²) in [4.78, 5) is 14.8. The summed E-state index contributed by atoms with van der Waals surface area (Å²) in [5, 5.41) is 25.3. The minimum absolute atomic E-state index is 0.115. The Labute approximate surface area is 225 Å². The number of tetrazole rings is 1. The predicted molar refractivity (Wildman–Crippen MR) is 136 cm³/mol. The summed E-state index contributed by atoms with van der Waals surface area (Å²) in [5.41, 5.74) is 2.11. The van der Waals surface area contributed by atoms with E-state index in [2.05, 4.69) is 21.5 Å². The zero-order valence-corrected chi connectivity index (χ0v) is 22.6. The van der Waals surface area contributed by atoms with E-state index < -0.39 is 40.7 Å². The Morgan fingerprint density at radius 2 is 1.85 bits per heavy atom. The second-order valence-electron chi connectivity index (χ2n) is 9.22. The van der Waals surface area contributed by atoms with E-state index in [1.54, 1.807) is 30.0 Å². The molecule has 0 unspecified atom stereocenters. The van der Waals surface area contributed by atoms with Gasteiger partial charge in [0.15, 0.2) is 15.7 Å². The first-order chi connectivity index (χ1) is 18.4.